The van der Waals surface area contributed by atoms with Crippen LogP contribution in [-0.2, 0) is 6.18 Å². The van der Waals surface area contributed by atoms with Crippen LogP contribution in [0.2, 0.25) is 10.0 Å². The zero-order valence-corrected chi connectivity index (χ0v) is 22.9. The van der Waals surface area contributed by atoms with Crippen molar-refractivity contribution in [2.24, 2.45) is 0 Å². The minimum atomic E-state index is -5.20. The van der Waals surface area contributed by atoms with Gasteiger partial charge in [0, 0.05) is 23.1 Å². The highest BCUT2D eigenvalue weighted by molar-refractivity contribution is 7.99. The average molecular weight is 644 g/mol. The molecule has 0 aliphatic heterocycles. The molecule has 0 saturated carbocycles. The number of nitrogens with one attached hydrogen (secondary N) is 1. The van der Waals surface area contributed by atoms with Crippen LogP contribution in [0.1, 0.15) is 51.9 Å². The van der Waals surface area contributed by atoms with E-state index in [1.54, 1.807) is 0 Å². The van der Waals surface area contributed by atoms with Crippen LogP contribution < -0.4 is 5.32 Å². The highest BCUT2D eigenvalue weighted by Gasteiger charge is 2.41. The average Bonchev–Trinajstić information content (AvgIpc) is 2.81. The molecule has 0 bridgehead atoms. The van der Waals surface area contributed by atoms with Crippen LogP contribution in [-0.4, -0.2) is 35.8 Å². The number of allylic oxidation sites excluding steroid dienone is 1. The summed E-state index contributed by atoms with van der Waals surface area (Å²) < 4.78 is 134. The molecule has 0 heterocycles. The van der Waals surface area contributed by atoms with Crippen molar-refractivity contribution < 1.29 is 48.7 Å². The Morgan fingerprint density at radius 1 is 1.02 bits per heavy atom. The number of carbonyl (C=O) groups excluding carboxylic acids is 1. The van der Waals surface area contributed by atoms with E-state index in [1.165, 1.54) is 13.8 Å². The normalized spacial score (nSPS) is 14.7. The van der Waals surface area contributed by atoms with Crippen LogP contribution in [0.15, 0.2) is 36.4 Å². The Balaban J connectivity index is 2.36. The minimum Gasteiger partial charge on any atom is -0.349 e. The lowest BCUT2D eigenvalue weighted by Crippen LogP contribution is -2.35. The van der Waals surface area contributed by atoms with E-state index in [1.807, 2.05) is 0 Å². The summed E-state index contributed by atoms with van der Waals surface area (Å²) in [6.45, 7) is 2.73. The largest absolute Gasteiger partial charge is 0.417 e. The summed E-state index contributed by atoms with van der Waals surface area (Å²) in [6, 6.07) is 2.59. The van der Waals surface area contributed by atoms with Crippen molar-refractivity contribution >= 4 is 46.7 Å². The number of rotatable bonds is 9. The van der Waals surface area contributed by atoms with Crippen molar-refractivity contribution in [3.8, 4) is 0 Å². The third kappa shape index (κ3) is 9.76. The van der Waals surface area contributed by atoms with Crippen LogP contribution in [0.25, 0.3) is 5.83 Å². The molecule has 0 aliphatic carbocycles. The van der Waals surface area contributed by atoms with E-state index in [0.29, 0.717) is 12.1 Å². The van der Waals surface area contributed by atoms with Gasteiger partial charge in [-0.15, -0.1) is 0 Å². The third-order valence-electron chi connectivity index (χ3n) is 5.38. The van der Waals surface area contributed by atoms with Gasteiger partial charge in [-0.05, 0) is 49.2 Å². The monoisotopic (exact) mass is 643 g/mol. The van der Waals surface area contributed by atoms with Gasteiger partial charge in [-0.3, -0.25) is 4.79 Å². The Morgan fingerprint density at radius 2 is 1.65 bits per heavy atom. The maximum absolute atomic E-state index is 15.0. The number of alkyl halides is 9. The fraction of sp³-hybridized carbons (Fsp3) is 0.400. The third-order valence-corrected chi connectivity index (χ3v) is 7.50. The molecule has 0 saturated heterocycles. The van der Waals surface area contributed by atoms with Crippen LogP contribution >= 0.6 is 35.0 Å². The second kappa shape index (κ2) is 13.2. The molecule has 2 aromatic rings. The fourth-order valence-corrected chi connectivity index (χ4v) is 4.83. The maximum Gasteiger partial charge on any atom is 0.417 e. The highest BCUT2D eigenvalue weighted by Crippen LogP contribution is 2.42. The molecule has 2 aromatic carbocycles. The van der Waals surface area contributed by atoms with Crippen molar-refractivity contribution in [3.05, 3.63) is 74.3 Å². The van der Waals surface area contributed by atoms with Gasteiger partial charge in [-0.25, -0.2) is 4.39 Å². The van der Waals surface area contributed by atoms with Crippen LogP contribution in [0.5, 0.6) is 0 Å². The summed E-state index contributed by atoms with van der Waals surface area (Å²) >= 11 is 12.5. The van der Waals surface area contributed by atoms with Crippen molar-refractivity contribution in [1.29, 1.82) is 0 Å². The molecule has 2 rings (SSSR count). The lowest BCUT2D eigenvalue weighted by atomic mass is 9.94. The van der Waals surface area contributed by atoms with Gasteiger partial charge in [-0.1, -0.05) is 35.3 Å². The molecule has 40 heavy (non-hydrogen) atoms. The second-order valence-corrected chi connectivity index (χ2v) is 10.7. The summed E-state index contributed by atoms with van der Waals surface area (Å²) in [6.07, 6.45) is -15.6. The van der Waals surface area contributed by atoms with Crippen LogP contribution in [0, 0.1) is 6.92 Å². The van der Waals surface area contributed by atoms with E-state index in [9.17, 15) is 44.3 Å². The van der Waals surface area contributed by atoms with Gasteiger partial charge < -0.3 is 5.32 Å². The summed E-state index contributed by atoms with van der Waals surface area (Å²) in [5, 5.41) is 1.97. The Labute approximate surface area is 237 Å². The molecule has 0 fully saturated rings. The van der Waals surface area contributed by atoms with Crippen molar-refractivity contribution in [2.75, 3.05) is 11.5 Å². The highest BCUT2D eigenvalue weighted by atomic mass is 35.5. The molecule has 2 nitrogen and oxygen atoms in total. The Kier molecular flexibility index (Phi) is 11.3. The zero-order valence-electron chi connectivity index (χ0n) is 20.6. The van der Waals surface area contributed by atoms with E-state index in [2.05, 4.69) is 5.32 Å². The van der Waals surface area contributed by atoms with Crippen molar-refractivity contribution in [3.63, 3.8) is 0 Å². The van der Waals surface area contributed by atoms with E-state index in [-0.39, 0.29) is 39.3 Å². The van der Waals surface area contributed by atoms with E-state index >= 15 is 4.39 Å². The number of benzene rings is 2. The summed E-state index contributed by atoms with van der Waals surface area (Å²) in [4.78, 5) is 12.5. The molecule has 0 radical (unpaired) electrons. The number of halogens is 12. The number of hydrogen-bond acceptors (Lipinski definition) is 2. The van der Waals surface area contributed by atoms with E-state index in [0.717, 1.165) is 23.9 Å². The second-order valence-electron chi connectivity index (χ2n) is 8.74. The molecule has 0 aromatic heterocycles. The first-order valence-electron chi connectivity index (χ1n) is 11.3. The maximum atomic E-state index is 15.0. The molecule has 1 unspecified atom stereocenters. The molecule has 2 atom stereocenters. The minimum absolute atomic E-state index is 0.0197. The summed E-state index contributed by atoms with van der Waals surface area (Å²) in [5.41, 5.74) is -3.76. The standard InChI is InChI=1S/C25H21Cl2F10NOS/c1-12-7-15(9-19(26)21(12)27)17(24(32,33)34)10-20(28)14-3-4-16(18(8-14)25(35,36)37)22(39)38-13(2)11-40-6-5-23(29,30)31/h3-4,7-10,13,17H,5-6,11H2,1-2H3,(H,38,39)/b20-10-/t13-,17?/m1/s1. The fourth-order valence-electron chi connectivity index (χ4n) is 3.47. The van der Waals surface area contributed by atoms with Gasteiger partial charge in [0.05, 0.1) is 27.6 Å². The predicted molar refractivity (Wildman–Crippen MR) is 135 cm³/mol. The molecular weight excluding hydrogens is 623 g/mol. The number of hydrogen-bond donors (Lipinski definition) is 1. The van der Waals surface area contributed by atoms with E-state index < -0.39 is 70.9 Å². The smallest absolute Gasteiger partial charge is 0.349 e. The lowest BCUT2D eigenvalue weighted by molar-refractivity contribution is -0.140. The van der Waals surface area contributed by atoms with Crippen LogP contribution in [0.4, 0.5) is 43.9 Å². The molecular formula is C25H21Cl2F10NOS. The van der Waals surface area contributed by atoms with Gasteiger partial charge in [-0.2, -0.15) is 51.3 Å². The quantitative estimate of drug-likeness (QED) is 0.218. The molecule has 15 heteroatoms. The predicted octanol–water partition coefficient (Wildman–Crippen LogP) is 9.78. The van der Waals surface area contributed by atoms with Gasteiger partial charge in [0.1, 0.15) is 11.7 Å². The van der Waals surface area contributed by atoms with E-state index in [4.69, 9.17) is 23.2 Å². The van der Waals surface area contributed by atoms with Gasteiger partial charge in [0.2, 0.25) is 0 Å². The molecule has 0 aliphatic rings. The lowest BCUT2D eigenvalue weighted by Gasteiger charge is -2.20. The summed E-state index contributed by atoms with van der Waals surface area (Å²) in [7, 11) is 0. The molecule has 1 N–H and O–H groups in total. The van der Waals surface area contributed by atoms with Crippen LogP contribution in [0.3, 0.4) is 0 Å². The topological polar surface area (TPSA) is 29.1 Å². The first kappa shape index (κ1) is 34.1. The van der Waals surface area contributed by atoms with Crippen molar-refractivity contribution in [2.45, 2.75) is 50.8 Å². The number of carbonyl (C=O) groups is 1. The SMILES string of the molecule is Cc1cc(C(/C=C(\F)c2ccc(C(=O)N[C@H](C)CSCCC(F)(F)F)c(C(F)(F)F)c2)C(F)(F)F)cc(Cl)c1Cl. The number of thioether (sulfide) groups is 1. The van der Waals surface area contributed by atoms with Gasteiger partial charge in [0.15, 0.2) is 0 Å². The van der Waals surface area contributed by atoms with Crippen molar-refractivity contribution in [1.82, 2.24) is 5.32 Å². The number of amides is 1. The van der Waals surface area contributed by atoms with Gasteiger partial charge in [0.25, 0.3) is 5.91 Å². The number of aryl methyl sites for hydroxylation is 1. The van der Waals surface area contributed by atoms with Gasteiger partial charge >= 0.3 is 18.5 Å². The Bertz CT molecular complexity index is 1220. The Hall–Kier alpha value is -2.12. The molecule has 0 spiro atoms. The first-order valence-corrected chi connectivity index (χ1v) is 13.2. The molecule has 222 valence electrons. The Morgan fingerprint density at radius 3 is 2.17 bits per heavy atom. The molecule has 1 amide bonds. The first-order chi connectivity index (χ1) is 18.2. The zero-order chi connectivity index (χ0) is 30.6. The summed E-state index contributed by atoms with van der Waals surface area (Å²) in [5.74, 6) is -5.83.